The third-order valence-corrected chi connectivity index (χ3v) is 5.65. The summed E-state index contributed by atoms with van der Waals surface area (Å²) in [4.78, 5) is 12.4. The molecule has 1 aliphatic carbocycles. The summed E-state index contributed by atoms with van der Waals surface area (Å²) in [5.41, 5.74) is -1.60. The van der Waals surface area contributed by atoms with E-state index in [0.29, 0.717) is 6.42 Å². The van der Waals surface area contributed by atoms with Crippen LogP contribution in [-0.4, -0.2) is 25.7 Å². The van der Waals surface area contributed by atoms with Gasteiger partial charge in [-0.3, -0.25) is 4.79 Å². The third-order valence-electron chi connectivity index (χ3n) is 3.95. The summed E-state index contributed by atoms with van der Waals surface area (Å²) < 4.78 is 23.1. The molecule has 1 rings (SSSR count). The van der Waals surface area contributed by atoms with Gasteiger partial charge in [0.2, 0.25) is 0 Å². The minimum Gasteiger partial charge on any atom is -0.297 e. The fourth-order valence-electron chi connectivity index (χ4n) is 2.58. The topological polar surface area (TPSA) is 75.0 Å². The number of hydrogen-bond donors (Lipinski definition) is 0. The minimum absolute atomic E-state index is 0.0616. The summed E-state index contributed by atoms with van der Waals surface area (Å²) in [7, 11) is -3.13. The molecular formula is C13H21NO3S. The zero-order valence-electron chi connectivity index (χ0n) is 11.3. The molecule has 1 saturated carbocycles. The molecule has 0 aromatic rings. The zero-order chi connectivity index (χ0) is 14.0. The Bertz CT molecular complexity index is 473. The van der Waals surface area contributed by atoms with Crippen molar-refractivity contribution in [3.05, 3.63) is 0 Å². The van der Waals surface area contributed by atoms with Crippen LogP contribution in [0.15, 0.2) is 0 Å². The highest BCUT2D eigenvalue weighted by molar-refractivity contribution is 7.91. The quantitative estimate of drug-likeness (QED) is 0.784. The lowest BCUT2D eigenvalue weighted by atomic mass is 9.62. The van der Waals surface area contributed by atoms with Crippen molar-refractivity contribution in [2.24, 2.45) is 10.8 Å². The van der Waals surface area contributed by atoms with Crippen molar-refractivity contribution >= 4 is 15.6 Å². The van der Waals surface area contributed by atoms with Crippen molar-refractivity contribution in [1.82, 2.24) is 0 Å². The first-order chi connectivity index (χ1) is 8.19. The first kappa shape index (κ1) is 15.2. The Kier molecular flexibility index (Phi) is 4.22. The monoisotopic (exact) mass is 271 g/mol. The zero-order valence-corrected chi connectivity index (χ0v) is 12.1. The van der Waals surface area contributed by atoms with Gasteiger partial charge in [0.1, 0.15) is 15.3 Å². The van der Waals surface area contributed by atoms with Crippen LogP contribution in [0.3, 0.4) is 0 Å². The second-order valence-corrected chi connectivity index (χ2v) is 8.22. The Morgan fingerprint density at radius 3 is 2.44 bits per heavy atom. The summed E-state index contributed by atoms with van der Waals surface area (Å²) >= 11 is 0. The highest BCUT2D eigenvalue weighted by atomic mass is 32.2. The van der Waals surface area contributed by atoms with E-state index in [1.54, 1.807) is 6.92 Å². The van der Waals surface area contributed by atoms with Crippen molar-refractivity contribution < 1.29 is 13.2 Å². The smallest absolute Gasteiger partial charge is 0.158 e. The van der Waals surface area contributed by atoms with Crippen LogP contribution in [0.25, 0.3) is 0 Å². The molecule has 0 aliphatic heterocycles. The summed E-state index contributed by atoms with van der Waals surface area (Å²) in [6, 6.07) is 2.11. The molecule has 1 fully saturated rings. The van der Waals surface area contributed by atoms with Gasteiger partial charge in [0, 0.05) is 11.2 Å². The molecule has 0 amide bonds. The number of nitriles is 1. The van der Waals surface area contributed by atoms with Gasteiger partial charge in [-0.2, -0.15) is 5.26 Å². The van der Waals surface area contributed by atoms with Crippen molar-refractivity contribution in [3.63, 3.8) is 0 Å². The Labute approximate surface area is 109 Å². The Hall–Kier alpha value is -0.890. The van der Waals surface area contributed by atoms with Gasteiger partial charge in [0.15, 0.2) is 5.78 Å². The van der Waals surface area contributed by atoms with Crippen LogP contribution in [-0.2, 0) is 14.6 Å². The molecule has 1 atom stereocenters. The normalized spacial score (nSPS) is 27.8. The molecule has 18 heavy (non-hydrogen) atoms. The van der Waals surface area contributed by atoms with Crippen LogP contribution in [0.5, 0.6) is 0 Å². The van der Waals surface area contributed by atoms with Crippen molar-refractivity contribution in [1.29, 1.82) is 5.26 Å². The molecule has 0 heterocycles. The van der Waals surface area contributed by atoms with Gasteiger partial charge in [-0.05, 0) is 19.3 Å². The SMILES string of the molecule is CCS(=O)(=O)CCC1(C#N)CCCC(C)(C)C1=O. The van der Waals surface area contributed by atoms with E-state index in [2.05, 4.69) is 6.07 Å². The molecule has 0 N–H and O–H groups in total. The van der Waals surface area contributed by atoms with Gasteiger partial charge in [-0.1, -0.05) is 27.2 Å². The van der Waals surface area contributed by atoms with Crippen LogP contribution in [0.2, 0.25) is 0 Å². The number of nitrogens with zero attached hydrogens (tertiary/aromatic N) is 1. The van der Waals surface area contributed by atoms with E-state index >= 15 is 0 Å². The predicted molar refractivity (Wildman–Crippen MR) is 69.6 cm³/mol. The lowest BCUT2D eigenvalue weighted by Crippen LogP contribution is -2.44. The van der Waals surface area contributed by atoms with Crippen LogP contribution >= 0.6 is 0 Å². The standard InChI is InChI=1S/C13H21NO3S/c1-4-18(16,17)9-8-13(10-14)7-5-6-12(2,3)11(13)15/h4-9H2,1-3H3. The third kappa shape index (κ3) is 2.92. The van der Waals surface area contributed by atoms with E-state index in [4.69, 9.17) is 0 Å². The predicted octanol–water partition coefficient (Wildman–Crippen LogP) is 2.10. The average Bonchev–Trinajstić information content (AvgIpc) is 2.32. The van der Waals surface area contributed by atoms with Gasteiger partial charge >= 0.3 is 0 Å². The highest BCUT2D eigenvalue weighted by Crippen LogP contribution is 2.44. The average molecular weight is 271 g/mol. The maximum Gasteiger partial charge on any atom is 0.158 e. The van der Waals surface area contributed by atoms with Crippen LogP contribution in [0.1, 0.15) is 46.5 Å². The van der Waals surface area contributed by atoms with Gasteiger partial charge in [0.05, 0.1) is 11.8 Å². The fourth-order valence-corrected chi connectivity index (χ4v) is 3.53. The number of hydrogen-bond acceptors (Lipinski definition) is 4. The largest absolute Gasteiger partial charge is 0.297 e. The highest BCUT2D eigenvalue weighted by Gasteiger charge is 2.49. The number of rotatable bonds is 4. The molecule has 0 spiro atoms. The summed E-state index contributed by atoms with van der Waals surface area (Å²) in [6.45, 7) is 5.27. The Balaban J connectivity index is 2.94. The van der Waals surface area contributed by atoms with Gasteiger partial charge in [-0.25, -0.2) is 8.42 Å². The number of carbonyl (C=O) groups is 1. The Morgan fingerprint density at radius 2 is 1.94 bits per heavy atom. The molecule has 1 unspecified atom stereocenters. The molecule has 0 radical (unpaired) electrons. The fraction of sp³-hybridized carbons (Fsp3) is 0.846. The first-order valence-corrected chi connectivity index (χ1v) is 8.18. The number of sulfone groups is 1. The van der Waals surface area contributed by atoms with Crippen LogP contribution in [0, 0.1) is 22.2 Å². The summed E-state index contributed by atoms with van der Waals surface area (Å²) in [5, 5.41) is 9.35. The number of ketones is 1. The molecule has 0 bridgehead atoms. The van der Waals surface area contributed by atoms with Crippen molar-refractivity contribution in [3.8, 4) is 6.07 Å². The maximum atomic E-state index is 12.4. The lowest BCUT2D eigenvalue weighted by Gasteiger charge is -2.38. The number of carbonyl (C=O) groups excluding carboxylic acids is 1. The van der Waals surface area contributed by atoms with E-state index in [-0.39, 0.29) is 23.7 Å². The van der Waals surface area contributed by atoms with Gasteiger partial charge < -0.3 is 0 Å². The maximum absolute atomic E-state index is 12.4. The summed E-state index contributed by atoms with van der Waals surface area (Å²) in [6.07, 6.45) is 2.21. The van der Waals surface area contributed by atoms with E-state index in [0.717, 1.165) is 12.8 Å². The molecule has 1 aliphatic rings. The van der Waals surface area contributed by atoms with Crippen LogP contribution in [0.4, 0.5) is 0 Å². The van der Waals surface area contributed by atoms with Crippen LogP contribution < -0.4 is 0 Å². The van der Waals surface area contributed by atoms with Crippen molar-refractivity contribution in [2.75, 3.05) is 11.5 Å². The molecule has 0 saturated heterocycles. The number of Topliss-reactive ketones (excluding diaryl/α,β-unsaturated/α-hetero) is 1. The second-order valence-electron chi connectivity index (χ2n) is 5.75. The summed E-state index contributed by atoms with van der Waals surface area (Å²) in [5.74, 6) is -0.0969. The van der Waals surface area contributed by atoms with E-state index < -0.39 is 20.7 Å². The molecule has 0 aromatic carbocycles. The van der Waals surface area contributed by atoms with E-state index in [1.807, 2.05) is 13.8 Å². The molecular weight excluding hydrogens is 250 g/mol. The molecule has 0 aromatic heterocycles. The molecule has 102 valence electrons. The Morgan fingerprint density at radius 1 is 1.33 bits per heavy atom. The first-order valence-electron chi connectivity index (χ1n) is 6.36. The lowest BCUT2D eigenvalue weighted by molar-refractivity contribution is -0.138. The van der Waals surface area contributed by atoms with Gasteiger partial charge in [0.25, 0.3) is 0 Å². The minimum atomic E-state index is -3.13. The second kappa shape index (κ2) is 5.00. The molecule has 5 heteroatoms. The van der Waals surface area contributed by atoms with Gasteiger partial charge in [-0.15, -0.1) is 0 Å². The van der Waals surface area contributed by atoms with E-state index in [1.165, 1.54) is 0 Å². The van der Waals surface area contributed by atoms with Crippen molar-refractivity contribution in [2.45, 2.75) is 46.5 Å². The van der Waals surface area contributed by atoms with E-state index in [9.17, 15) is 18.5 Å². The molecule has 4 nitrogen and oxygen atoms in total.